The van der Waals surface area contributed by atoms with Crippen LogP contribution in [0, 0.1) is 5.92 Å². The standard InChI is InChI=1S/C83H162O17P2/c1-6-10-13-16-19-22-25-28-31-33-35-37-40-42-45-51-56-61-66-80(85)93-72-78(99-83(88)69-64-59-54-47-44-41-38-36-34-32-29-26-23-20-17-14-11-7-2)74-97-101(89,90)95-70-77(84)71-96-102(91,92)98-75-79(73-94-81(86)67-62-57-52-49-48-50-55-60-65-76(5)9-4)100-82(87)68-63-58-53-46-43-39-30-27-24-21-18-15-12-8-3/h76-79,84H,6-75H2,1-5H3,(H,89,90)(H,91,92)/t76?,77-,78-,79-/m1/s1. The summed E-state index contributed by atoms with van der Waals surface area (Å²) in [4.78, 5) is 73.1. The summed E-state index contributed by atoms with van der Waals surface area (Å²) >= 11 is 0. The summed E-state index contributed by atoms with van der Waals surface area (Å²) < 4.78 is 68.8. The first-order valence-corrected chi connectivity index (χ1v) is 46.2. The Morgan fingerprint density at radius 3 is 0.696 bits per heavy atom. The second-order valence-corrected chi connectivity index (χ2v) is 33.0. The Hall–Kier alpha value is -1.94. The number of aliphatic hydroxyl groups is 1. The van der Waals surface area contributed by atoms with E-state index in [0.717, 1.165) is 95.8 Å². The van der Waals surface area contributed by atoms with Crippen molar-refractivity contribution >= 4 is 39.5 Å². The monoisotopic (exact) mass is 1490 g/mol. The number of hydrogen-bond donors (Lipinski definition) is 3. The van der Waals surface area contributed by atoms with Crippen molar-refractivity contribution in [3.05, 3.63) is 0 Å². The zero-order valence-electron chi connectivity index (χ0n) is 66.8. The van der Waals surface area contributed by atoms with Crippen LogP contribution in [0.1, 0.15) is 446 Å². The van der Waals surface area contributed by atoms with Crippen molar-refractivity contribution in [2.45, 2.75) is 464 Å². The van der Waals surface area contributed by atoms with Crippen LogP contribution >= 0.6 is 15.6 Å². The minimum absolute atomic E-state index is 0.108. The third kappa shape index (κ3) is 74.9. The molecule has 0 aromatic heterocycles. The predicted octanol–water partition coefficient (Wildman–Crippen LogP) is 25.2. The van der Waals surface area contributed by atoms with Gasteiger partial charge < -0.3 is 33.8 Å². The second kappa shape index (κ2) is 75.9. The Bertz CT molecular complexity index is 1950. The van der Waals surface area contributed by atoms with Crippen LogP contribution in [0.4, 0.5) is 0 Å². The smallest absolute Gasteiger partial charge is 0.462 e. The Kier molecular flexibility index (Phi) is 74.4. The first-order chi connectivity index (χ1) is 49.6. The molecule has 0 saturated carbocycles. The third-order valence-electron chi connectivity index (χ3n) is 19.9. The van der Waals surface area contributed by atoms with Gasteiger partial charge in [0.05, 0.1) is 26.4 Å². The largest absolute Gasteiger partial charge is 0.472 e. The van der Waals surface area contributed by atoms with Crippen molar-refractivity contribution in [3.8, 4) is 0 Å². The van der Waals surface area contributed by atoms with Gasteiger partial charge in [-0.25, -0.2) is 9.13 Å². The fourth-order valence-electron chi connectivity index (χ4n) is 12.9. The van der Waals surface area contributed by atoms with Gasteiger partial charge in [-0.3, -0.25) is 37.3 Å². The summed E-state index contributed by atoms with van der Waals surface area (Å²) in [6, 6.07) is 0. The summed E-state index contributed by atoms with van der Waals surface area (Å²) in [5.74, 6) is -1.32. The van der Waals surface area contributed by atoms with E-state index in [1.807, 2.05) is 0 Å². The summed E-state index contributed by atoms with van der Waals surface area (Å²) in [6.07, 6.45) is 67.9. The fraction of sp³-hybridized carbons (Fsp3) is 0.952. The van der Waals surface area contributed by atoms with Gasteiger partial charge in [-0.15, -0.1) is 0 Å². The van der Waals surface area contributed by atoms with Crippen LogP contribution in [-0.2, 0) is 65.4 Å². The predicted molar refractivity (Wildman–Crippen MR) is 418 cm³/mol. The van der Waals surface area contributed by atoms with Crippen LogP contribution in [0.5, 0.6) is 0 Å². The van der Waals surface area contributed by atoms with Crippen LogP contribution in [0.2, 0.25) is 0 Å². The Labute approximate surface area is 626 Å². The van der Waals surface area contributed by atoms with Crippen LogP contribution < -0.4 is 0 Å². The number of ether oxygens (including phenoxy) is 4. The molecule has 0 aliphatic heterocycles. The van der Waals surface area contributed by atoms with E-state index in [9.17, 15) is 43.2 Å². The number of phosphoric acid groups is 2. The van der Waals surface area contributed by atoms with Gasteiger partial charge in [-0.05, 0) is 31.6 Å². The number of aliphatic hydroxyl groups excluding tert-OH is 1. The lowest BCUT2D eigenvalue weighted by atomic mass is 9.99. The molecule has 17 nitrogen and oxygen atoms in total. The second-order valence-electron chi connectivity index (χ2n) is 30.1. The SMILES string of the molecule is CCCCCCCCCCCCCCCCCCCCC(=O)OC[C@H](COP(=O)(O)OC[C@@H](O)COP(=O)(O)OC[C@@H](COC(=O)CCCCCCCCCCC(C)CC)OC(=O)CCCCCCCCCCCCCCCC)OC(=O)CCCCCCCCCCCCCCCCCCCC. The van der Waals surface area contributed by atoms with Crippen molar-refractivity contribution in [1.29, 1.82) is 0 Å². The molecule has 19 heteroatoms. The number of unbranched alkanes of at least 4 members (excludes halogenated alkanes) is 54. The number of rotatable bonds is 83. The van der Waals surface area contributed by atoms with Crippen LogP contribution in [0.25, 0.3) is 0 Å². The summed E-state index contributed by atoms with van der Waals surface area (Å²) in [5.41, 5.74) is 0. The average Bonchev–Trinajstić information content (AvgIpc) is 0.920. The number of esters is 4. The average molecular weight is 1490 g/mol. The van der Waals surface area contributed by atoms with Gasteiger partial charge in [0.25, 0.3) is 0 Å². The molecule has 0 radical (unpaired) electrons. The van der Waals surface area contributed by atoms with E-state index in [1.165, 1.54) is 270 Å². The Balaban J connectivity index is 5.26. The fourth-order valence-corrected chi connectivity index (χ4v) is 14.5. The molecule has 0 aliphatic carbocycles. The molecular weight excluding hydrogens is 1330 g/mol. The molecule has 0 aromatic carbocycles. The Morgan fingerprint density at radius 2 is 0.471 bits per heavy atom. The van der Waals surface area contributed by atoms with E-state index in [4.69, 9.17) is 37.0 Å². The van der Waals surface area contributed by atoms with E-state index in [1.54, 1.807) is 0 Å². The van der Waals surface area contributed by atoms with Gasteiger partial charge in [-0.1, -0.05) is 394 Å². The number of carbonyl (C=O) groups is 4. The molecule has 3 N–H and O–H groups in total. The molecule has 0 rings (SSSR count). The highest BCUT2D eigenvalue weighted by Gasteiger charge is 2.30. The van der Waals surface area contributed by atoms with E-state index < -0.39 is 97.5 Å². The molecule has 0 spiro atoms. The maximum Gasteiger partial charge on any atom is 0.472 e. The normalized spacial score (nSPS) is 14.1. The van der Waals surface area contributed by atoms with Gasteiger partial charge in [0.2, 0.25) is 0 Å². The van der Waals surface area contributed by atoms with Crippen molar-refractivity contribution in [3.63, 3.8) is 0 Å². The van der Waals surface area contributed by atoms with Crippen molar-refractivity contribution in [1.82, 2.24) is 0 Å². The number of phosphoric ester groups is 2. The molecule has 102 heavy (non-hydrogen) atoms. The minimum atomic E-state index is -4.96. The van der Waals surface area contributed by atoms with Crippen molar-refractivity contribution in [2.75, 3.05) is 39.6 Å². The van der Waals surface area contributed by atoms with Crippen LogP contribution in [0.3, 0.4) is 0 Å². The molecule has 0 bridgehead atoms. The van der Waals surface area contributed by atoms with E-state index in [0.29, 0.717) is 25.7 Å². The highest BCUT2D eigenvalue weighted by atomic mass is 31.2. The highest BCUT2D eigenvalue weighted by molar-refractivity contribution is 7.47. The summed E-state index contributed by atoms with van der Waals surface area (Å²) in [6.45, 7) is 7.35. The van der Waals surface area contributed by atoms with E-state index >= 15 is 0 Å². The van der Waals surface area contributed by atoms with Gasteiger partial charge in [-0.2, -0.15) is 0 Å². The van der Waals surface area contributed by atoms with E-state index in [-0.39, 0.29) is 25.7 Å². The molecule has 0 heterocycles. The van der Waals surface area contributed by atoms with Gasteiger partial charge in [0.1, 0.15) is 19.3 Å². The Morgan fingerprint density at radius 1 is 0.275 bits per heavy atom. The molecular formula is C83H162O17P2. The first kappa shape index (κ1) is 100. The van der Waals surface area contributed by atoms with Crippen LogP contribution in [-0.4, -0.2) is 96.7 Å². The maximum absolute atomic E-state index is 13.1. The molecule has 0 aromatic rings. The lowest BCUT2D eigenvalue weighted by Crippen LogP contribution is -2.30. The molecule has 6 atom stereocenters. The number of hydrogen-bond acceptors (Lipinski definition) is 15. The quantitative estimate of drug-likeness (QED) is 0.0222. The third-order valence-corrected chi connectivity index (χ3v) is 21.8. The first-order valence-electron chi connectivity index (χ1n) is 43.2. The zero-order valence-corrected chi connectivity index (χ0v) is 68.5. The van der Waals surface area contributed by atoms with Crippen molar-refractivity contribution in [2.24, 2.45) is 5.92 Å². The highest BCUT2D eigenvalue weighted by Crippen LogP contribution is 2.45. The molecule has 3 unspecified atom stereocenters. The maximum atomic E-state index is 13.1. The van der Waals surface area contributed by atoms with E-state index in [2.05, 4.69) is 34.6 Å². The summed E-state index contributed by atoms with van der Waals surface area (Å²) in [5, 5.41) is 10.7. The molecule has 0 aliphatic rings. The minimum Gasteiger partial charge on any atom is -0.462 e. The molecule has 0 saturated heterocycles. The lowest BCUT2D eigenvalue weighted by Gasteiger charge is -2.21. The van der Waals surface area contributed by atoms with Gasteiger partial charge in [0.15, 0.2) is 12.2 Å². The topological polar surface area (TPSA) is 237 Å². The number of carbonyl (C=O) groups excluding carboxylic acids is 4. The molecule has 606 valence electrons. The van der Waals surface area contributed by atoms with Crippen LogP contribution in [0.15, 0.2) is 0 Å². The van der Waals surface area contributed by atoms with Crippen molar-refractivity contribution < 1.29 is 80.2 Å². The molecule has 0 fully saturated rings. The lowest BCUT2D eigenvalue weighted by molar-refractivity contribution is -0.161. The zero-order chi connectivity index (χ0) is 74.8. The van der Waals surface area contributed by atoms with Gasteiger partial charge >= 0.3 is 39.5 Å². The summed E-state index contributed by atoms with van der Waals surface area (Å²) in [7, 11) is -9.92. The molecule has 0 amide bonds. The van der Waals surface area contributed by atoms with Gasteiger partial charge in [0, 0.05) is 25.7 Å².